The molecule has 100 valence electrons. The van der Waals surface area contributed by atoms with Crippen molar-refractivity contribution in [1.29, 1.82) is 0 Å². The van der Waals surface area contributed by atoms with E-state index in [1.54, 1.807) is 11.3 Å². The van der Waals surface area contributed by atoms with Crippen molar-refractivity contribution in [3.8, 4) is 22.4 Å². The fraction of sp³-hybridized carbons (Fsp3) is 0.0625. The molecule has 20 heavy (non-hydrogen) atoms. The molecule has 0 saturated carbocycles. The number of hydrogen-bond donors (Lipinski definition) is 2. The third kappa shape index (κ3) is 2.26. The average Bonchev–Trinajstić information content (AvgIpc) is 3.08. The molecular formula is C16H14N2OS. The number of nitrogens with two attached hydrogens (primary N) is 1. The van der Waals surface area contributed by atoms with Crippen LogP contribution in [0.25, 0.3) is 22.4 Å². The normalized spacial score (nSPS) is 10.7. The number of amides is 1. The largest absolute Gasteiger partial charge is 0.366 e. The minimum atomic E-state index is -0.404. The predicted octanol–water partition coefficient (Wildman–Crippen LogP) is 3.82. The van der Waals surface area contributed by atoms with Gasteiger partial charge < -0.3 is 10.7 Å². The third-order valence-electron chi connectivity index (χ3n) is 3.31. The molecule has 1 aromatic carbocycles. The van der Waals surface area contributed by atoms with Gasteiger partial charge in [0, 0.05) is 11.4 Å². The molecule has 3 aromatic rings. The zero-order chi connectivity index (χ0) is 14.1. The molecular weight excluding hydrogens is 268 g/mol. The lowest BCUT2D eigenvalue weighted by Gasteiger charge is -2.02. The molecule has 0 radical (unpaired) electrons. The van der Waals surface area contributed by atoms with E-state index in [0.717, 1.165) is 22.5 Å². The Labute approximate surface area is 121 Å². The van der Waals surface area contributed by atoms with Crippen LogP contribution in [0.5, 0.6) is 0 Å². The van der Waals surface area contributed by atoms with Crippen LogP contribution in [0.2, 0.25) is 0 Å². The van der Waals surface area contributed by atoms with Crippen LogP contribution in [0.1, 0.15) is 16.1 Å². The molecule has 0 bridgehead atoms. The van der Waals surface area contributed by atoms with Crippen molar-refractivity contribution in [2.24, 2.45) is 5.73 Å². The van der Waals surface area contributed by atoms with E-state index >= 15 is 0 Å². The van der Waals surface area contributed by atoms with Crippen LogP contribution in [0.4, 0.5) is 0 Å². The van der Waals surface area contributed by atoms with Gasteiger partial charge in [0.05, 0.1) is 5.56 Å². The molecule has 1 amide bonds. The van der Waals surface area contributed by atoms with Crippen LogP contribution in [0.15, 0.2) is 47.2 Å². The Balaban J connectivity index is 2.05. The SMILES string of the molecule is Cc1[nH]c(-c2cccc(-c3ccsc3)c2)cc1C(N)=O. The highest BCUT2D eigenvalue weighted by Gasteiger charge is 2.11. The number of aromatic amines is 1. The maximum atomic E-state index is 11.3. The number of benzene rings is 1. The summed E-state index contributed by atoms with van der Waals surface area (Å²) in [6, 6.07) is 12.1. The van der Waals surface area contributed by atoms with E-state index in [1.165, 1.54) is 5.56 Å². The molecule has 0 spiro atoms. The predicted molar refractivity (Wildman–Crippen MR) is 82.8 cm³/mol. The van der Waals surface area contributed by atoms with Gasteiger partial charge in [0.15, 0.2) is 0 Å². The van der Waals surface area contributed by atoms with Crippen molar-refractivity contribution in [2.75, 3.05) is 0 Å². The highest BCUT2D eigenvalue weighted by atomic mass is 32.1. The number of rotatable bonds is 3. The number of hydrogen-bond acceptors (Lipinski definition) is 2. The lowest BCUT2D eigenvalue weighted by molar-refractivity contribution is 0.1000. The zero-order valence-electron chi connectivity index (χ0n) is 11.0. The molecule has 0 unspecified atom stereocenters. The van der Waals surface area contributed by atoms with Crippen molar-refractivity contribution in [3.63, 3.8) is 0 Å². The summed E-state index contributed by atoms with van der Waals surface area (Å²) in [7, 11) is 0. The fourth-order valence-corrected chi connectivity index (χ4v) is 2.93. The van der Waals surface area contributed by atoms with Gasteiger partial charge in [-0.1, -0.05) is 18.2 Å². The monoisotopic (exact) mass is 282 g/mol. The second-order valence-corrected chi connectivity index (χ2v) is 5.46. The molecule has 3 N–H and O–H groups in total. The molecule has 0 aliphatic heterocycles. The van der Waals surface area contributed by atoms with E-state index in [0.29, 0.717) is 5.56 Å². The van der Waals surface area contributed by atoms with E-state index in [1.807, 2.05) is 25.1 Å². The molecule has 0 atom stereocenters. The van der Waals surface area contributed by atoms with Gasteiger partial charge >= 0.3 is 0 Å². The Morgan fingerprint density at radius 1 is 1.15 bits per heavy atom. The van der Waals surface area contributed by atoms with Crippen LogP contribution in [0.3, 0.4) is 0 Å². The molecule has 3 rings (SSSR count). The van der Waals surface area contributed by atoms with Gasteiger partial charge in [-0.15, -0.1) is 0 Å². The summed E-state index contributed by atoms with van der Waals surface area (Å²) in [4.78, 5) is 14.5. The molecule has 0 aliphatic carbocycles. The third-order valence-corrected chi connectivity index (χ3v) is 3.99. The van der Waals surface area contributed by atoms with E-state index in [4.69, 9.17) is 5.73 Å². The first-order chi connectivity index (χ1) is 9.65. The number of aryl methyl sites for hydroxylation is 1. The van der Waals surface area contributed by atoms with Crippen molar-refractivity contribution in [3.05, 3.63) is 58.4 Å². The molecule has 4 heteroatoms. The molecule has 3 nitrogen and oxygen atoms in total. The van der Waals surface area contributed by atoms with Gasteiger partial charge in [-0.05, 0) is 52.6 Å². The number of carbonyl (C=O) groups is 1. The second-order valence-electron chi connectivity index (χ2n) is 4.68. The number of primary amides is 1. The summed E-state index contributed by atoms with van der Waals surface area (Å²) < 4.78 is 0. The highest BCUT2D eigenvalue weighted by molar-refractivity contribution is 7.08. The highest BCUT2D eigenvalue weighted by Crippen LogP contribution is 2.28. The van der Waals surface area contributed by atoms with Gasteiger partial charge in [-0.2, -0.15) is 11.3 Å². The van der Waals surface area contributed by atoms with Crippen molar-refractivity contribution < 1.29 is 4.79 Å². The lowest BCUT2D eigenvalue weighted by atomic mass is 10.0. The van der Waals surface area contributed by atoms with Gasteiger partial charge in [-0.3, -0.25) is 4.79 Å². The Morgan fingerprint density at radius 3 is 2.60 bits per heavy atom. The van der Waals surface area contributed by atoms with Crippen LogP contribution < -0.4 is 5.73 Å². The zero-order valence-corrected chi connectivity index (χ0v) is 11.8. The van der Waals surface area contributed by atoms with Crippen molar-refractivity contribution >= 4 is 17.2 Å². The quantitative estimate of drug-likeness (QED) is 0.754. The first-order valence-electron chi connectivity index (χ1n) is 6.27. The Morgan fingerprint density at radius 2 is 1.95 bits per heavy atom. The number of carbonyl (C=O) groups excluding carboxylic acids is 1. The number of H-pyrrole nitrogens is 1. The van der Waals surface area contributed by atoms with Crippen LogP contribution in [-0.4, -0.2) is 10.9 Å². The molecule has 2 aromatic heterocycles. The number of aromatic nitrogens is 1. The summed E-state index contributed by atoms with van der Waals surface area (Å²) >= 11 is 1.68. The van der Waals surface area contributed by atoms with Gasteiger partial charge in [-0.25, -0.2) is 0 Å². The summed E-state index contributed by atoms with van der Waals surface area (Å²) in [6.45, 7) is 1.85. The smallest absolute Gasteiger partial charge is 0.250 e. The van der Waals surface area contributed by atoms with Crippen LogP contribution >= 0.6 is 11.3 Å². The summed E-state index contributed by atoms with van der Waals surface area (Å²) in [5.41, 5.74) is 11.0. The van der Waals surface area contributed by atoms with Gasteiger partial charge in [0.25, 0.3) is 5.91 Å². The number of thiophene rings is 1. The minimum Gasteiger partial charge on any atom is -0.366 e. The standard InChI is InChI=1S/C16H14N2OS/c1-10-14(16(17)19)8-15(18-10)12-4-2-3-11(7-12)13-5-6-20-9-13/h2-9,18H,1H3,(H2,17,19). The Bertz CT molecular complexity index is 757. The van der Waals surface area contributed by atoms with E-state index in [2.05, 4.69) is 33.9 Å². The topological polar surface area (TPSA) is 58.9 Å². The molecule has 2 heterocycles. The van der Waals surface area contributed by atoms with Gasteiger partial charge in [0.2, 0.25) is 0 Å². The summed E-state index contributed by atoms with van der Waals surface area (Å²) in [5.74, 6) is -0.404. The molecule has 0 saturated heterocycles. The van der Waals surface area contributed by atoms with Crippen LogP contribution in [0, 0.1) is 6.92 Å². The lowest BCUT2D eigenvalue weighted by Crippen LogP contribution is -2.10. The van der Waals surface area contributed by atoms with Crippen LogP contribution in [-0.2, 0) is 0 Å². The maximum Gasteiger partial charge on any atom is 0.250 e. The molecule has 0 fully saturated rings. The fourth-order valence-electron chi connectivity index (χ4n) is 2.26. The second kappa shape index (κ2) is 4.98. The van der Waals surface area contributed by atoms with Gasteiger partial charge in [0.1, 0.15) is 0 Å². The first kappa shape index (κ1) is 12.7. The Hall–Kier alpha value is -2.33. The summed E-state index contributed by atoms with van der Waals surface area (Å²) in [5, 5.41) is 4.18. The summed E-state index contributed by atoms with van der Waals surface area (Å²) in [6.07, 6.45) is 0. The van der Waals surface area contributed by atoms with E-state index in [9.17, 15) is 4.79 Å². The van der Waals surface area contributed by atoms with E-state index in [-0.39, 0.29) is 0 Å². The molecule has 0 aliphatic rings. The van der Waals surface area contributed by atoms with Crippen molar-refractivity contribution in [2.45, 2.75) is 6.92 Å². The maximum absolute atomic E-state index is 11.3. The first-order valence-corrected chi connectivity index (χ1v) is 7.22. The van der Waals surface area contributed by atoms with E-state index < -0.39 is 5.91 Å². The van der Waals surface area contributed by atoms with Crippen molar-refractivity contribution in [1.82, 2.24) is 4.98 Å². The minimum absolute atomic E-state index is 0.404. The average molecular weight is 282 g/mol. The Kier molecular flexibility index (Phi) is 3.16. The number of nitrogens with one attached hydrogen (secondary N) is 1.